The Labute approximate surface area is 244 Å². The van der Waals surface area contributed by atoms with Gasteiger partial charge in [0.05, 0.1) is 18.4 Å². The fourth-order valence-corrected chi connectivity index (χ4v) is 6.34. The number of pyridine rings is 1. The number of aryl methyl sites for hydroxylation is 2. The zero-order valence-corrected chi connectivity index (χ0v) is 24.3. The molecule has 2 aliphatic rings. The van der Waals surface area contributed by atoms with Gasteiger partial charge in [0, 0.05) is 67.5 Å². The molecule has 2 N–H and O–H groups in total. The van der Waals surface area contributed by atoms with Gasteiger partial charge in [-0.3, -0.25) is 14.9 Å². The van der Waals surface area contributed by atoms with Crippen LogP contribution in [0.15, 0.2) is 42.9 Å². The fourth-order valence-electron chi connectivity index (χ4n) is 6.34. The van der Waals surface area contributed by atoms with E-state index >= 15 is 0 Å². The quantitative estimate of drug-likeness (QED) is 0.319. The third-order valence-electron chi connectivity index (χ3n) is 8.74. The van der Waals surface area contributed by atoms with E-state index in [9.17, 15) is 9.18 Å². The fraction of sp³-hybridized carbons (Fsp3) is 0.448. The second-order valence-electron chi connectivity index (χ2n) is 11.3. The van der Waals surface area contributed by atoms with Gasteiger partial charge in [-0.2, -0.15) is 15.2 Å². The predicted molar refractivity (Wildman–Crippen MR) is 156 cm³/mol. The number of rotatable bonds is 7. The molecule has 2 fully saturated rings. The lowest BCUT2D eigenvalue weighted by Crippen LogP contribution is -2.70. The molecule has 2 saturated heterocycles. The lowest BCUT2D eigenvalue weighted by Gasteiger charge is -2.57. The van der Waals surface area contributed by atoms with Crippen molar-refractivity contribution in [3.63, 3.8) is 0 Å². The third-order valence-corrected chi connectivity index (χ3v) is 8.74. The highest BCUT2D eigenvalue weighted by atomic mass is 19.1. The summed E-state index contributed by atoms with van der Waals surface area (Å²) in [6, 6.07) is 7.33. The number of carbonyl (C=O) groups is 1. The summed E-state index contributed by atoms with van der Waals surface area (Å²) in [7, 11) is 2.13. The molecular weight excluding hydrogens is 537 g/mol. The van der Waals surface area contributed by atoms with Crippen LogP contribution in [0.4, 0.5) is 22.0 Å². The number of carbonyl (C=O) groups excluding carboxylic acids is 1. The lowest BCUT2D eigenvalue weighted by molar-refractivity contribution is -0.128. The Morgan fingerprint density at radius 1 is 1.10 bits per heavy atom. The molecule has 42 heavy (non-hydrogen) atoms. The summed E-state index contributed by atoms with van der Waals surface area (Å²) in [6.07, 6.45) is 6.97. The third kappa shape index (κ3) is 5.25. The lowest BCUT2D eigenvalue weighted by atomic mass is 9.76. The first-order chi connectivity index (χ1) is 20.3. The summed E-state index contributed by atoms with van der Waals surface area (Å²) in [4.78, 5) is 33.7. The van der Waals surface area contributed by atoms with Crippen LogP contribution in [0.2, 0.25) is 0 Å². The standard InChI is InChI=1S/C29H36FN11O/c1-19-13-25(34-26-14-20(2)36-37-26)35-28(33-19)39-9-7-29(8-10-39)24(18-42)40(12-11-38(29)4)21(3)22-5-6-27(31-15-22)41-17-23(30)16-32-41/h5-6,13-18,21,24H,7-12H2,1-4H3,(H2,33,34,35,36,37)/t21?,24-/m1/s1. The number of aldehydes is 1. The minimum absolute atomic E-state index is 0.0286. The highest BCUT2D eigenvalue weighted by molar-refractivity contribution is 5.62. The number of hydrogen-bond acceptors (Lipinski definition) is 10. The zero-order chi connectivity index (χ0) is 29.4. The Balaban J connectivity index is 1.18. The first-order valence-electron chi connectivity index (χ1n) is 14.2. The van der Waals surface area contributed by atoms with Gasteiger partial charge < -0.3 is 15.0 Å². The van der Waals surface area contributed by atoms with Gasteiger partial charge in [0.25, 0.3) is 0 Å². The van der Waals surface area contributed by atoms with Gasteiger partial charge in [-0.05, 0) is 52.3 Å². The summed E-state index contributed by atoms with van der Waals surface area (Å²) in [6.45, 7) is 9.11. The van der Waals surface area contributed by atoms with Crippen molar-refractivity contribution in [3.8, 4) is 5.82 Å². The second-order valence-corrected chi connectivity index (χ2v) is 11.3. The largest absolute Gasteiger partial charge is 0.341 e. The molecule has 6 rings (SSSR count). The monoisotopic (exact) mass is 573 g/mol. The summed E-state index contributed by atoms with van der Waals surface area (Å²) >= 11 is 0. The van der Waals surface area contributed by atoms with E-state index in [1.807, 2.05) is 38.1 Å². The minimum atomic E-state index is -0.410. The maximum absolute atomic E-state index is 13.4. The molecule has 0 aromatic carbocycles. The summed E-state index contributed by atoms with van der Waals surface area (Å²) in [5.41, 5.74) is 2.53. The van der Waals surface area contributed by atoms with Crippen LogP contribution in [0.5, 0.6) is 0 Å². The molecule has 4 aromatic heterocycles. The number of aromatic amines is 1. The molecule has 1 unspecified atom stereocenters. The number of nitrogens with one attached hydrogen (secondary N) is 2. The highest BCUT2D eigenvalue weighted by Crippen LogP contribution is 2.40. The number of nitrogens with zero attached hydrogens (tertiary/aromatic N) is 9. The molecule has 220 valence electrons. The van der Waals surface area contributed by atoms with Crippen LogP contribution < -0.4 is 10.2 Å². The molecule has 12 nitrogen and oxygen atoms in total. The van der Waals surface area contributed by atoms with Crippen molar-refractivity contribution in [2.45, 2.75) is 51.2 Å². The molecule has 1 spiro atoms. The number of aromatic nitrogens is 7. The molecule has 2 aliphatic heterocycles. The molecule has 4 aromatic rings. The van der Waals surface area contributed by atoms with E-state index in [0.717, 1.165) is 68.5 Å². The second kappa shape index (κ2) is 11.2. The van der Waals surface area contributed by atoms with Crippen molar-refractivity contribution in [2.75, 3.05) is 43.4 Å². The van der Waals surface area contributed by atoms with Crippen LogP contribution in [0.1, 0.15) is 42.8 Å². The van der Waals surface area contributed by atoms with E-state index in [-0.39, 0.29) is 17.6 Å². The first kappa shape index (κ1) is 27.9. The van der Waals surface area contributed by atoms with Crippen LogP contribution in [0.3, 0.4) is 0 Å². The molecule has 2 atom stereocenters. The molecule has 0 bridgehead atoms. The highest BCUT2D eigenvalue weighted by Gasteiger charge is 2.51. The molecular formula is C29H36FN11O. The maximum Gasteiger partial charge on any atom is 0.227 e. The average Bonchev–Trinajstić information content (AvgIpc) is 3.61. The Bertz CT molecular complexity index is 1540. The number of halogens is 1. The van der Waals surface area contributed by atoms with Crippen LogP contribution in [0.25, 0.3) is 5.82 Å². The zero-order valence-electron chi connectivity index (χ0n) is 24.3. The molecule has 0 aliphatic carbocycles. The minimum Gasteiger partial charge on any atom is -0.341 e. The number of hydrogen-bond donors (Lipinski definition) is 2. The normalized spacial score (nSPS) is 20.1. The molecule has 0 amide bonds. The van der Waals surface area contributed by atoms with E-state index in [1.54, 1.807) is 6.20 Å². The van der Waals surface area contributed by atoms with E-state index in [2.05, 4.69) is 54.3 Å². The van der Waals surface area contributed by atoms with Gasteiger partial charge in [-0.1, -0.05) is 6.07 Å². The number of piperazine rings is 1. The molecule has 6 heterocycles. The van der Waals surface area contributed by atoms with Gasteiger partial charge in [-0.25, -0.2) is 19.0 Å². The van der Waals surface area contributed by atoms with Gasteiger partial charge in [-0.15, -0.1) is 0 Å². The van der Waals surface area contributed by atoms with Crippen molar-refractivity contribution >= 4 is 23.9 Å². The van der Waals surface area contributed by atoms with E-state index in [0.29, 0.717) is 23.4 Å². The average molecular weight is 574 g/mol. The van der Waals surface area contributed by atoms with Gasteiger partial charge in [0.15, 0.2) is 17.5 Å². The summed E-state index contributed by atoms with van der Waals surface area (Å²) in [5, 5.41) is 14.4. The molecule has 0 radical (unpaired) electrons. The Morgan fingerprint density at radius 2 is 1.90 bits per heavy atom. The molecule has 13 heteroatoms. The summed E-state index contributed by atoms with van der Waals surface area (Å²) in [5.74, 6) is 2.21. The first-order valence-corrected chi connectivity index (χ1v) is 14.2. The van der Waals surface area contributed by atoms with Crippen LogP contribution in [-0.2, 0) is 4.79 Å². The van der Waals surface area contributed by atoms with E-state index in [1.165, 1.54) is 10.9 Å². The Hall–Kier alpha value is -4.23. The topological polar surface area (TPSA) is 124 Å². The number of likely N-dealkylation sites (N-methyl/N-ethyl adjacent to an activating group) is 1. The van der Waals surface area contributed by atoms with Crippen LogP contribution in [0, 0.1) is 19.7 Å². The van der Waals surface area contributed by atoms with E-state index in [4.69, 9.17) is 9.97 Å². The van der Waals surface area contributed by atoms with Crippen molar-refractivity contribution in [1.82, 2.24) is 44.7 Å². The smallest absolute Gasteiger partial charge is 0.227 e. The number of piperidine rings is 1. The van der Waals surface area contributed by atoms with E-state index < -0.39 is 5.82 Å². The predicted octanol–water partition coefficient (Wildman–Crippen LogP) is 3.20. The van der Waals surface area contributed by atoms with Crippen molar-refractivity contribution in [1.29, 1.82) is 0 Å². The number of anilines is 3. The van der Waals surface area contributed by atoms with Crippen LogP contribution in [-0.4, -0.2) is 95.8 Å². The Morgan fingerprint density at radius 3 is 2.55 bits per heavy atom. The van der Waals surface area contributed by atoms with Crippen molar-refractivity contribution < 1.29 is 9.18 Å². The van der Waals surface area contributed by atoms with Crippen molar-refractivity contribution in [3.05, 3.63) is 65.6 Å². The molecule has 0 saturated carbocycles. The van der Waals surface area contributed by atoms with Crippen LogP contribution >= 0.6 is 0 Å². The SMILES string of the molecule is Cc1cc(Nc2cc(C)[nH]n2)nc(N2CCC3(CC2)[C@@H](C=O)N(C(C)c2ccc(-n4cc(F)cn4)nc2)CCN3C)n1. The maximum atomic E-state index is 13.4. The Kier molecular flexibility index (Phi) is 7.45. The van der Waals surface area contributed by atoms with Gasteiger partial charge >= 0.3 is 0 Å². The van der Waals surface area contributed by atoms with Gasteiger partial charge in [0.1, 0.15) is 12.1 Å². The number of H-pyrrole nitrogens is 1. The van der Waals surface area contributed by atoms with Gasteiger partial charge in [0.2, 0.25) is 5.95 Å². The summed E-state index contributed by atoms with van der Waals surface area (Å²) < 4.78 is 14.8. The van der Waals surface area contributed by atoms with Crippen molar-refractivity contribution in [2.24, 2.45) is 0 Å².